The minimum Gasteiger partial charge on any atom is -0.507 e. The monoisotopic (exact) mass is 587 g/mol. The number of rotatable bonds is 8. The van der Waals surface area contributed by atoms with E-state index in [1.807, 2.05) is 0 Å². The summed E-state index contributed by atoms with van der Waals surface area (Å²) in [6.45, 7) is 3.90. The van der Waals surface area contributed by atoms with Crippen LogP contribution in [0.2, 0.25) is 10.0 Å². The van der Waals surface area contributed by atoms with Crippen molar-refractivity contribution in [3.05, 3.63) is 74.8 Å². The third-order valence-electron chi connectivity index (χ3n) is 6.43. The fraction of sp³-hybridized carbons (Fsp3) is 0.241. The van der Waals surface area contributed by atoms with E-state index in [0.717, 1.165) is 10.5 Å². The number of ether oxygens (including phenoxy) is 4. The van der Waals surface area contributed by atoms with E-state index in [9.17, 15) is 19.8 Å². The summed E-state index contributed by atoms with van der Waals surface area (Å²) < 4.78 is 21.8. The van der Waals surface area contributed by atoms with E-state index < -0.39 is 23.5 Å². The Bertz CT molecular complexity index is 1530. The molecule has 1 aliphatic rings. The summed E-state index contributed by atoms with van der Waals surface area (Å²) in [5, 5.41) is 22.4. The number of aryl methyl sites for hydroxylation is 1. The van der Waals surface area contributed by atoms with Gasteiger partial charge < -0.3 is 29.2 Å². The van der Waals surface area contributed by atoms with Crippen LogP contribution in [0, 0.1) is 6.92 Å². The average Bonchev–Trinajstić information content (AvgIpc) is 3.19. The highest BCUT2D eigenvalue weighted by atomic mass is 35.5. The molecule has 1 aliphatic heterocycles. The molecule has 1 atom stereocenters. The van der Waals surface area contributed by atoms with Gasteiger partial charge in [-0.3, -0.25) is 14.5 Å². The fourth-order valence-corrected chi connectivity index (χ4v) is 5.33. The molecule has 0 aromatic heterocycles. The number of ketones is 1. The van der Waals surface area contributed by atoms with Gasteiger partial charge in [0.1, 0.15) is 16.5 Å². The summed E-state index contributed by atoms with van der Waals surface area (Å²) in [5.74, 6) is -1.91. The Hall–Kier alpha value is -4.08. The number of phenolic OH excluding ortho intramolecular Hbond substituents is 1. The largest absolute Gasteiger partial charge is 0.507 e. The number of anilines is 1. The SMILES string of the molecule is CCOc1cc(C2/C(=C(\O)c3cc(Cl)c(OC)c(Cl)c3OC)C(=O)C(=O)N2c2cc(C)ccc2O)ccc1OC. The number of carbonyl (C=O) groups is 2. The number of Topliss-reactive ketones (excluding diaryl/α,β-unsaturated/α-hetero) is 1. The van der Waals surface area contributed by atoms with E-state index in [2.05, 4.69) is 0 Å². The number of methoxy groups -OCH3 is 3. The highest BCUT2D eigenvalue weighted by Gasteiger charge is 2.48. The van der Waals surface area contributed by atoms with Gasteiger partial charge in [0, 0.05) is 0 Å². The van der Waals surface area contributed by atoms with Crippen LogP contribution in [0.1, 0.15) is 29.7 Å². The van der Waals surface area contributed by atoms with Gasteiger partial charge in [0.2, 0.25) is 0 Å². The van der Waals surface area contributed by atoms with Crippen molar-refractivity contribution in [3.8, 4) is 28.7 Å². The van der Waals surface area contributed by atoms with Gasteiger partial charge in [-0.25, -0.2) is 0 Å². The van der Waals surface area contributed by atoms with Crippen LogP contribution in [0.25, 0.3) is 5.76 Å². The second kappa shape index (κ2) is 11.6. The molecule has 210 valence electrons. The van der Waals surface area contributed by atoms with Gasteiger partial charge >= 0.3 is 0 Å². The number of nitrogens with zero attached hydrogens (tertiary/aromatic N) is 1. The number of phenols is 1. The van der Waals surface area contributed by atoms with Crippen molar-refractivity contribution in [3.63, 3.8) is 0 Å². The lowest BCUT2D eigenvalue weighted by atomic mass is 9.94. The number of aromatic hydroxyl groups is 1. The van der Waals surface area contributed by atoms with Crippen LogP contribution in [0.3, 0.4) is 0 Å². The lowest BCUT2D eigenvalue weighted by molar-refractivity contribution is -0.132. The molecule has 0 spiro atoms. The lowest BCUT2D eigenvalue weighted by Gasteiger charge is -2.27. The number of aliphatic hydroxyl groups excluding tert-OH is 1. The zero-order valence-electron chi connectivity index (χ0n) is 22.4. The zero-order chi connectivity index (χ0) is 29.3. The predicted molar refractivity (Wildman–Crippen MR) is 151 cm³/mol. The summed E-state index contributed by atoms with van der Waals surface area (Å²) in [6, 6.07) is 9.66. The molecule has 9 nitrogen and oxygen atoms in total. The molecule has 3 aromatic rings. The molecule has 0 radical (unpaired) electrons. The van der Waals surface area contributed by atoms with Gasteiger partial charge in [-0.1, -0.05) is 35.3 Å². The lowest BCUT2D eigenvalue weighted by Crippen LogP contribution is -2.29. The van der Waals surface area contributed by atoms with Crippen molar-refractivity contribution in [2.45, 2.75) is 19.9 Å². The van der Waals surface area contributed by atoms with Gasteiger partial charge in [-0.2, -0.15) is 0 Å². The molecule has 1 fully saturated rings. The van der Waals surface area contributed by atoms with Gasteiger partial charge in [0.15, 0.2) is 23.0 Å². The van der Waals surface area contributed by atoms with Gasteiger partial charge in [-0.05, 0) is 55.3 Å². The molecule has 0 aliphatic carbocycles. The number of halogens is 2. The summed E-state index contributed by atoms with van der Waals surface area (Å²) >= 11 is 12.8. The van der Waals surface area contributed by atoms with Crippen molar-refractivity contribution < 1.29 is 38.7 Å². The number of carbonyl (C=O) groups excluding carboxylic acids is 2. The van der Waals surface area contributed by atoms with E-state index in [0.29, 0.717) is 23.7 Å². The Labute approximate surface area is 241 Å². The number of aliphatic hydroxyl groups is 1. The maximum atomic E-state index is 13.6. The van der Waals surface area contributed by atoms with E-state index in [4.69, 9.17) is 42.1 Å². The van der Waals surface area contributed by atoms with Crippen LogP contribution < -0.4 is 23.8 Å². The minimum absolute atomic E-state index is 0.0199. The molecule has 3 aromatic carbocycles. The predicted octanol–water partition coefficient (Wildman–Crippen LogP) is 6.06. The molecule has 0 saturated carbocycles. The molecule has 1 saturated heterocycles. The fourth-order valence-electron chi connectivity index (χ4n) is 4.65. The van der Waals surface area contributed by atoms with Crippen molar-refractivity contribution in [1.82, 2.24) is 0 Å². The summed E-state index contributed by atoms with van der Waals surface area (Å²) in [4.78, 5) is 28.3. The smallest absolute Gasteiger partial charge is 0.300 e. The van der Waals surface area contributed by atoms with Crippen LogP contribution in [-0.2, 0) is 9.59 Å². The van der Waals surface area contributed by atoms with Crippen molar-refractivity contribution in [1.29, 1.82) is 0 Å². The Morgan fingerprint density at radius 3 is 2.27 bits per heavy atom. The van der Waals surface area contributed by atoms with Crippen LogP contribution in [0.5, 0.6) is 28.7 Å². The first-order valence-electron chi connectivity index (χ1n) is 12.1. The van der Waals surface area contributed by atoms with E-state index in [1.165, 1.54) is 33.5 Å². The molecule has 40 heavy (non-hydrogen) atoms. The van der Waals surface area contributed by atoms with Crippen LogP contribution in [0.4, 0.5) is 5.69 Å². The third-order valence-corrected chi connectivity index (χ3v) is 7.06. The van der Waals surface area contributed by atoms with Crippen molar-refractivity contribution >= 4 is 46.3 Å². The number of amides is 1. The first kappa shape index (κ1) is 28.9. The summed E-state index contributed by atoms with van der Waals surface area (Å²) in [7, 11) is 4.17. The van der Waals surface area contributed by atoms with E-state index in [-0.39, 0.29) is 44.1 Å². The Balaban J connectivity index is 2.07. The topological polar surface area (TPSA) is 115 Å². The van der Waals surface area contributed by atoms with E-state index >= 15 is 0 Å². The molecular formula is C29H27Cl2NO8. The van der Waals surface area contributed by atoms with Crippen LogP contribution >= 0.6 is 23.2 Å². The highest BCUT2D eigenvalue weighted by Crippen LogP contribution is 2.49. The molecule has 1 amide bonds. The quantitative estimate of drug-likeness (QED) is 0.186. The van der Waals surface area contributed by atoms with E-state index in [1.54, 1.807) is 44.2 Å². The molecule has 1 heterocycles. The molecule has 4 rings (SSSR count). The Morgan fingerprint density at radius 2 is 1.65 bits per heavy atom. The minimum atomic E-state index is -1.19. The molecule has 0 bridgehead atoms. The van der Waals surface area contributed by atoms with Gasteiger partial charge in [-0.15, -0.1) is 0 Å². The normalized spacial score (nSPS) is 16.3. The first-order chi connectivity index (χ1) is 19.1. The van der Waals surface area contributed by atoms with Gasteiger partial charge in [0.05, 0.1) is 55.8 Å². The second-order valence-electron chi connectivity index (χ2n) is 8.79. The standard InChI is InChI=1S/C29H27Cl2NO8/c1-6-40-21-12-15(8-10-20(21)37-3)24-22(25(34)16-13-17(30)28(39-5)23(31)27(16)38-4)26(35)29(36)32(24)18-11-14(2)7-9-19(18)33/h7-13,24,33-34H,6H2,1-5H3/b25-22+. The average molecular weight is 588 g/mol. The van der Waals surface area contributed by atoms with Crippen molar-refractivity contribution in [2.75, 3.05) is 32.8 Å². The molecule has 2 N–H and O–H groups in total. The molecular weight excluding hydrogens is 561 g/mol. The first-order valence-corrected chi connectivity index (χ1v) is 12.9. The molecule has 1 unspecified atom stereocenters. The third kappa shape index (κ3) is 4.87. The number of benzene rings is 3. The Morgan fingerprint density at radius 1 is 0.950 bits per heavy atom. The maximum Gasteiger partial charge on any atom is 0.300 e. The number of hydrogen-bond donors (Lipinski definition) is 2. The van der Waals surface area contributed by atoms with Crippen molar-refractivity contribution in [2.24, 2.45) is 0 Å². The summed E-state index contributed by atoms with van der Waals surface area (Å²) in [6.07, 6.45) is 0. The van der Waals surface area contributed by atoms with Crippen LogP contribution in [-0.4, -0.2) is 49.8 Å². The van der Waals surface area contributed by atoms with Gasteiger partial charge in [0.25, 0.3) is 11.7 Å². The number of hydrogen-bond acceptors (Lipinski definition) is 8. The summed E-state index contributed by atoms with van der Waals surface area (Å²) in [5.41, 5.74) is 0.893. The Kier molecular flexibility index (Phi) is 8.37. The second-order valence-corrected chi connectivity index (χ2v) is 9.58. The van der Waals surface area contributed by atoms with Crippen LogP contribution in [0.15, 0.2) is 48.0 Å². The maximum absolute atomic E-state index is 13.6. The highest BCUT2D eigenvalue weighted by molar-refractivity contribution is 6.52. The zero-order valence-corrected chi connectivity index (χ0v) is 23.9. The molecule has 11 heteroatoms.